The number of esters is 1. The van der Waals surface area contributed by atoms with Crippen molar-refractivity contribution < 1.29 is 23.6 Å². The summed E-state index contributed by atoms with van der Waals surface area (Å²) in [6.07, 6.45) is 0.0947. The normalized spacial score (nSPS) is 10.7. The van der Waals surface area contributed by atoms with Crippen LogP contribution in [-0.2, 0) is 27.1 Å². The first kappa shape index (κ1) is 26.0. The third kappa shape index (κ3) is 6.77. The molecule has 1 aromatic heterocycles. The highest BCUT2D eigenvalue weighted by Crippen LogP contribution is 2.33. The Hall–Kier alpha value is -4.10. The lowest BCUT2D eigenvalue weighted by Gasteiger charge is -2.09. The minimum atomic E-state index is -0.609. The van der Waals surface area contributed by atoms with Gasteiger partial charge in [-0.2, -0.15) is 0 Å². The van der Waals surface area contributed by atoms with Crippen LogP contribution in [0.4, 0.5) is 10.5 Å². The van der Waals surface area contributed by atoms with E-state index in [-0.39, 0.29) is 19.0 Å². The number of carbonyl (C=O) groups is 2. The third-order valence-corrected chi connectivity index (χ3v) is 6.06. The Morgan fingerprint density at radius 3 is 2.46 bits per heavy atom. The quantitative estimate of drug-likeness (QED) is 0.243. The summed E-state index contributed by atoms with van der Waals surface area (Å²) in [5.74, 6) is 0.157. The molecule has 0 fully saturated rings. The van der Waals surface area contributed by atoms with E-state index in [0.29, 0.717) is 35.2 Å². The van der Waals surface area contributed by atoms with Crippen molar-refractivity contribution in [3.05, 3.63) is 94.6 Å². The maximum absolute atomic E-state index is 12.5. The number of hydrogen-bond donors (Lipinski definition) is 1. The van der Waals surface area contributed by atoms with Crippen LogP contribution in [0.1, 0.15) is 23.7 Å². The van der Waals surface area contributed by atoms with E-state index < -0.39 is 6.09 Å². The molecule has 0 aliphatic carbocycles. The molecule has 0 bridgehead atoms. The molecule has 190 valence electrons. The smallest absolute Gasteiger partial charge is 0.411 e. The Bertz CT molecular complexity index is 1400. The Balaban J connectivity index is 1.47. The van der Waals surface area contributed by atoms with Crippen molar-refractivity contribution in [3.63, 3.8) is 0 Å². The fourth-order valence-corrected chi connectivity index (χ4v) is 4.12. The highest BCUT2D eigenvalue weighted by Gasteiger charge is 2.19. The Labute approximate surface area is 220 Å². The number of nitrogens with one attached hydrogen (secondary N) is 1. The van der Waals surface area contributed by atoms with Crippen molar-refractivity contribution in [2.45, 2.75) is 26.7 Å². The summed E-state index contributed by atoms with van der Waals surface area (Å²) in [6, 6.07) is 22.8. The molecule has 1 amide bonds. The number of anilines is 1. The van der Waals surface area contributed by atoms with Crippen LogP contribution in [0, 0.1) is 6.92 Å². The van der Waals surface area contributed by atoms with Gasteiger partial charge < -0.3 is 14.0 Å². The van der Waals surface area contributed by atoms with Gasteiger partial charge in [0.2, 0.25) is 0 Å². The molecule has 0 radical (unpaired) electrons. The molecule has 37 heavy (non-hydrogen) atoms. The van der Waals surface area contributed by atoms with Crippen LogP contribution in [0.3, 0.4) is 0 Å². The van der Waals surface area contributed by atoms with E-state index >= 15 is 0 Å². The summed E-state index contributed by atoms with van der Waals surface area (Å²) in [7, 11) is 0. The topological polar surface area (TPSA) is 90.7 Å². The molecule has 0 unspecified atom stereocenters. The Morgan fingerprint density at radius 2 is 1.68 bits per heavy atom. The van der Waals surface area contributed by atoms with E-state index in [0.717, 1.165) is 27.8 Å². The number of aryl methyl sites for hydroxylation is 1. The Kier molecular flexibility index (Phi) is 8.59. The maximum atomic E-state index is 12.5. The zero-order chi connectivity index (χ0) is 26.2. The number of carbonyl (C=O) groups excluding carboxylic acids is 2. The van der Waals surface area contributed by atoms with Gasteiger partial charge in [-0.25, -0.2) is 4.79 Å². The molecule has 0 spiro atoms. The van der Waals surface area contributed by atoms with Gasteiger partial charge in [-0.05, 0) is 48.2 Å². The number of ether oxygens (including phenoxy) is 2. The molecule has 0 saturated heterocycles. The molecule has 4 aromatic rings. The molecule has 8 heteroatoms. The molecule has 4 rings (SSSR count). The fraction of sp³-hybridized carbons (Fsp3) is 0.207. The van der Waals surface area contributed by atoms with E-state index in [4.69, 9.17) is 25.6 Å². The van der Waals surface area contributed by atoms with Gasteiger partial charge in [0.25, 0.3) is 0 Å². The van der Waals surface area contributed by atoms with E-state index in [1.165, 1.54) is 0 Å². The van der Waals surface area contributed by atoms with Gasteiger partial charge in [-0.1, -0.05) is 77.4 Å². The van der Waals surface area contributed by atoms with Gasteiger partial charge in [0.05, 0.1) is 19.6 Å². The molecule has 0 aliphatic heterocycles. The molecule has 0 atom stereocenters. The lowest BCUT2D eigenvalue weighted by atomic mass is 9.99. The summed E-state index contributed by atoms with van der Waals surface area (Å²) >= 11 is 6.17. The largest absolute Gasteiger partial charge is 0.466 e. The lowest BCUT2D eigenvalue weighted by molar-refractivity contribution is -0.142. The number of halogens is 1. The predicted molar refractivity (Wildman–Crippen MR) is 143 cm³/mol. The van der Waals surface area contributed by atoms with E-state index in [9.17, 15) is 9.59 Å². The second-order valence-electron chi connectivity index (χ2n) is 8.34. The van der Waals surface area contributed by atoms with Gasteiger partial charge in [0.1, 0.15) is 11.4 Å². The summed E-state index contributed by atoms with van der Waals surface area (Å²) in [6.45, 7) is 4.05. The molecule has 0 saturated carbocycles. The summed E-state index contributed by atoms with van der Waals surface area (Å²) < 4.78 is 16.0. The van der Waals surface area contributed by atoms with Crippen LogP contribution >= 0.6 is 11.6 Å². The van der Waals surface area contributed by atoms with Crippen LogP contribution in [-0.4, -0.2) is 30.4 Å². The zero-order valence-electron chi connectivity index (χ0n) is 20.6. The molecule has 3 aromatic carbocycles. The van der Waals surface area contributed by atoms with Crippen molar-refractivity contribution >= 4 is 29.4 Å². The fourth-order valence-electron chi connectivity index (χ4n) is 3.89. The maximum Gasteiger partial charge on any atom is 0.411 e. The van der Waals surface area contributed by atoms with E-state index in [1.807, 2.05) is 66.7 Å². The van der Waals surface area contributed by atoms with Gasteiger partial charge in [0, 0.05) is 17.0 Å². The summed E-state index contributed by atoms with van der Waals surface area (Å²) in [4.78, 5) is 24.4. The van der Waals surface area contributed by atoms with Gasteiger partial charge in [-0.15, -0.1) is 0 Å². The van der Waals surface area contributed by atoms with E-state index in [1.54, 1.807) is 19.9 Å². The van der Waals surface area contributed by atoms with Crippen molar-refractivity contribution in [1.82, 2.24) is 5.16 Å². The third-order valence-electron chi connectivity index (χ3n) is 5.69. The first-order valence-electron chi connectivity index (χ1n) is 11.9. The molecule has 1 N–H and O–H groups in total. The molecule has 1 heterocycles. The van der Waals surface area contributed by atoms with Crippen molar-refractivity contribution in [2.75, 3.05) is 18.5 Å². The van der Waals surface area contributed by atoms with Crippen molar-refractivity contribution in [1.29, 1.82) is 0 Å². The van der Waals surface area contributed by atoms with Gasteiger partial charge in [-0.3, -0.25) is 10.1 Å². The highest BCUT2D eigenvalue weighted by molar-refractivity contribution is 6.31. The number of rotatable bonds is 9. The van der Waals surface area contributed by atoms with E-state index in [2.05, 4.69) is 10.5 Å². The molecule has 0 aliphatic rings. The Morgan fingerprint density at radius 1 is 0.946 bits per heavy atom. The van der Waals surface area contributed by atoms with Crippen LogP contribution in [0.5, 0.6) is 0 Å². The number of aromatic nitrogens is 1. The standard InChI is InChI=1S/C29H27ClN2O5/c1-3-35-26(33)17-20-8-6-10-22(16-20)23-11-7-12-24(18-23)28-27(19(2)32-37-28)31-29(34)36-15-14-21-9-4-5-13-25(21)30/h4-13,16,18H,3,14-15,17H2,1-2H3,(H,31,34). The van der Waals surface area contributed by atoms with Crippen LogP contribution in [0.25, 0.3) is 22.5 Å². The monoisotopic (exact) mass is 518 g/mol. The first-order valence-corrected chi connectivity index (χ1v) is 12.3. The number of hydrogen-bond acceptors (Lipinski definition) is 6. The van der Waals surface area contributed by atoms with Crippen LogP contribution in [0.15, 0.2) is 77.3 Å². The highest BCUT2D eigenvalue weighted by atomic mass is 35.5. The second kappa shape index (κ2) is 12.2. The SMILES string of the molecule is CCOC(=O)Cc1cccc(-c2cccc(-c3onc(C)c3NC(=O)OCCc3ccccc3Cl)c2)c1. The molecular formula is C29H27ClN2O5. The first-order chi connectivity index (χ1) is 17.9. The number of benzene rings is 3. The second-order valence-corrected chi connectivity index (χ2v) is 8.74. The van der Waals surface area contributed by atoms with Crippen molar-refractivity contribution in [2.24, 2.45) is 0 Å². The summed E-state index contributed by atoms with van der Waals surface area (Å²) in [5, 5.41) is 7.43. The minimum absolute atomic E-state index is 0.173. The number of amides is 1. The van der Waals surface area contributed by atoms with Crippen LogP contribution in [0.2, 0.25) is 5.02 Å². The zero-order valence-corrected chi connectivity index (χ0v) is 21.4. The van der Waals surface area contributed by atoms with Gasteiger partial charge in [0.15, 0.2) is 5.76 Å². The molecule has 7 nitrogen and oxygen atoms in total. The minimum Gasteiger partial charge on any atom is -0.466 e. The predicted octanol–water partition coefficient (Wildman–Crippen LogP) is 6.87. The van der Waals surface area contributed by atoms with Crippen molar-refractivity contribution in [3.8, 4) is 22.5 Å². The van der Waals surface area contributed by atoms with Crippen LogP contribution < -0.4 is 5.32 Å². The average Bonchev–Trinajstić information content (AvgIpc) is 3.25. The number of nitrogens with zero attached hydrogens (tertiary/aromatic N) is 1. The molecular weight excluding hydrogens is 492 g/mol. The lowest BCUT2D eigenvalue weighted by Crippen LogP contribution is -2.16. The summed E-state index contributed by atoms with van der Waals surface area (Å²) in [5.41, 5.74) is 5.33. The van der Waals surface area contributed by atoms with Gasteiger partial charge >= 0.3 is 12.1 Å². The average molecular weight is 519 g/mol.